The fourth-order valence-corrected chi connectivity index (χ4v) is 1.74. The van der Waals surface area contributed by atoms with Crippen LogP contribution in [0.5, 0.6) is 0 Å². The van der Waals surface area contributed by atoms with Crippen LogP contribution < -0.4 is 5.73 Å². The van der Waals surface area contributed by atoms with Crippen LogP contribution in [0.3, 0.4) is 0 Å². The Kier molecular flexibility index (Phi) is 4.68. The highest BCUT2D eigenvalue weighted by atomic mass is 16.1. The summed E-state index contributed by atoms with van der Waals surface area (Å²) in [4.78, 5) is 12.1. The summed E-state index contributed by atoms with van der Waals surface area (Å²) in [7, 11) is 0. The summed E-state index contributed by atoms with van der Waals surface area (Å²) in [6, 6.07) is 1.34. The van der Waals surface area contributed by atoms with Gasteiger partial charge in [-0.05, 0) is 24.8 Å². The Morgan fingerprint density at radius 1 is 1.56 bits per heavy atom. The van der Waals surface area contributed by atoms with Crippen LogP contribution in [-0.4, -0.2) is 21.6 Å². The predicted octanol–water partition coefficient (Wildman–Crippen LogP) is 1.85. The lowest BCUT2D eigenvalue weighted by Gasteiger charge is -2.13. The average Bonchev–Trinajstić information content (AvgIpc) is 2.64. The molecule has 4 heteroatoms. The molecular weight excluding hydrogens is 202 g/mol. The molecule has 1 aromatic rings. The van der Waals surface area contributed by atoms with Crippen LogP contribution in [0.25, 0.3) is 0 Å². The Morgan fingerprint density at radius 2 is 2.25 bits per heavy atom. The largest absolute Gasteiger partial charge is 0.321 e. The lowest BCUT2D eigenvalue weighted by molar-refractivity contribution is 0.0940. The number of aromatic nitrogens is 2. The lowest BCUT2D eigenvalue weighted by Crippen LogP contribution is -2.33. The van der Waals surface area contributed by atoms with Crippen molar-refractivity contribution in [3.05, 3.63) is 18.0 Å². The fourth-order valence-electron chi connectivity index (χ4n) is 1.74. The van der Waals surface area contributed by atoms with Crippen LogP contribution in [-0.2, 0) is 6.54 Å². The van der Waals surface area contributed by atoms with Crippen molar-refractivity contribution < 1.29 is 4.79 Å². The molecule has 1 aromatic heterocycles. The van der Waals surface area contributed by atoms with Crippen molar-refractivity contribution in [1.29, 1.82) is 0 Å². The number of Topliss-reactive ketones (excluding diaryl/α,β-unsaturated/α-hetero) is 1. The monoisotopic (exact) mass is 223 g/mol. The van der Waals surface area contributed by atoms with E-state index in [1.165, 1.54) is 0 Å². The Labute approximate surface area is 96.8 Å². The van der Waals surface area contributed by atoms with Crippen molar-refractivity contribution in [2.75, 3.05) is 0 Å². The molecule has 2 N–H and O–H groups in total. The van der Waals surface area contributed by atoms with E-state index < -0.39 is 6.04 Å². The van der Waals surface area contributed by atoms with Crippen LogP contribution in [0.2, 0.25) is 0 Å². The first-order valence-electron chi connectivity index (χ1n) is 5.87. The molecule has 0 aliphatic carbocycles. The minimum atomic E-state index is -0.410. The predicted molar refractivity (Wildman–Crippen MR) is 64.3 cm³/mol. The molecule has 90 valence electrons. The molecule has 0 amide bonds. The standard InChI is InChI=1S/C12H21N3O/c1-4-7-15-11(5-6-14-15)12(16)10(13)8-9(2)3/h5-6,9-10H,4,7-8,13H2,1-3H3. The summed E-state index contributed by atoms with van der Waals surface area (Å²) in [5.74, 6) is 0.432. The first kappa shape index (κ1) is 12.9. The van der Waals surface area contributed by atoms with Gasteiger partial charge in [0.25, 0.3) is 0 Å². The van der Waals surface area contributed by atoms with E-state index in [1.54, 1.807) is 16.9 Å². The molecule has 1 heterocycles. The van der Waals surface area contributed by atoms with Gasteiger partial charge in [-0.3, -0.25) is 9.48 Å². The Bertz CT molecular complexity index is 344. The highest BCUT2D eigenvalue weighted by Gasteiger charge is 2.20. The van der Waals surface area contributed by atoms with Gasteiger partial charge in [0, 0.05) is 12.7 Å². The highest BCUT2D eigenvalue weighted by Crippen LogP contribution is 2.09. The molecule has 0 aromatic carbocycles. The number of aryl methyl sites for hydroxylation is 1. The summed E-state index contributed by atoms with van der Waals surface area (Å²) < 4.78 is 1.74. The van der Waals surface area contributed by atoms with Gasteiger partial charge >= 0.3 is 0 Å². The van der Waals surface area contributed by atoms with Gasteiger partial charge in [-0.15, -0.1) is 0 Å². The number of carbonyl (C=O) groups is 1. The maximum Gasteiger partial charge on any atom is 0.197 e. The third-order valence-electron chi connectivity index (χ3n) is 2.47. The molecule has 0 saturated carbocycles. The third-order valence-corrected chi connectivity index (χ3v) is 2.47. The Balaban J connectivity index is 2.75. The number of nitrogens with two attached hydrogens (primary N) is 1. The van der Waals surface area contributed by atoms with E-state index in [4.69, 9.17) is 5.73 Å². The zero-order valence-corrected chi connectivity index (χ0v) is 10.3. The first-order chi connectivity index (χ1) is 7.56. The van der Waals surface area contributed by atoms with E-state index in [1.807, 2.05) is 0 Å². The van der Waals surface area contributed by atoms with Gasteiger partial charge in [0.2, 0.25) is 0 Å². The lowest BCUT2D eigenvalue weighted by atomic mass is 9.99. The first-order valence-corrected chi connectivity index (χ1v) is 5.87. The number of nitrogens with zero attached hydrogens (tertiary/aromatic N) is 2. The summed E-state index contributed by atoms with van der Waals surface area (Å²) in [6.45, 7) is 6.96. The molecule has 1 rings (SSSR count). The number of hydrogen-bond acceptors (Lipinski definition) is 3. The highest BCUT2D eigenvalue weighted by molar-refractivity contribution is 5.98. The van der Waals surface area contributed by atoms with E-state index in [9.17, 15) is 4.79 Å². The van der Waals surface area contributed by atoms with Crippen molar-refractivity contribution in [3.63, 3.8) is 0 Å². The van der Waals surface area contributed by atoms with Crippen molar-refractivity contribution in [3.8, 4) is 0 Å². The van der Waals surface area contributed by atoms with Gasteiger partial charge in [0.1, 0.15) is 5.69 Å². The molecule has 0 saturated heterocycles. The van der Waals surface area contributed by atoms with Crippen LogP contribution in [0.1, 0.15) is 44.1 Å². The smallest absolute Gasteiger partial charge is 0.197 e. The average molecular weight is 223 g/mol. The second-order valence-corrected chi connectivity index (χ2v) is 4.54. The van der Waals surface area contributed by atoms with E-state index in [0.717, 1.165) is 19.4 Å². The molecule has 0 aliphatic heterocycles. The van der Waals surface area contributed by atoms with Gasteiger partial charge in [0.05, 0.1) is 6.04 Å². The van der Waals surface area contributed by atoms with E-state index in [-0.39, 0.29) is 5.78 Å². The quantitative estimate of drug-likeness (QED) is 0.749. The van der Waals surface area contributed by atoms with E-state index >= 15 is 0 Å². The second-order valence-electron chi connectivity index (χ2n) is 4.54. The Morgan fingerprint density at radius 3 is 2.81 bits per heavy atom. The van der Waals surface area contributed by atoms with Crippen molar-refractivity contribution in [1.82, 2.24) is 9.78 Å². The van der Waals surface area contributed by atoms with Gasteiger partial charge in [-0.1, -0.05) is 20.8 Å². The maximum absolute atomic E-state index is 12.1. The SMILES string of the molecule is CCCn1nccc1C(=O)C(N)CC(C)C. The van der Waals surface area contributed by atoms with Crippen LogP contribution in [0.15, 0.2) is 12.3 Å². The van der Waals surface area contributed by atoms with Gasteiger partial charge < -0.3 is 5.73 Å². The van der Waals surface area contributed by atoms with Crippen molar-refractivity contribution in [2.24, 2.45) is 11.7 Å². The molecule has 1 atom stereocenters. The zero-order valence-electron chi connectivity index (χ0n) is 10.3. The molecule has 0 fully saturated rings. The molecule has 0 aliphatic rings. The minimum absolute atomic E-state index is 0.000324. The molecule has 4 nitrogen and oxygen atoms in total. The molecule has 1 unspecified atom stereocenters. The zero-order chi connectivity index (χ0) is 12.1. The van der Waals surface area contributed by atoms with Gasteiger partial charge in [0.15, 0.2) is 5.78 Å². The molecule has 0 bridgehead atoms. The molecular formula is C12H21N3O. The summed E-state index contributed by atoms with van der Waals surface area (Å²) in [5, 5.41) is 4.13. The summed E-state index contributed by atoms with van der Waals surface area (Å²) in [5.41, 5.74) is 6.52. The van der Waals surface area contributed by atoms with Crippen LogP contribution in [0, 0.1) is 5.92 Å². The number of ketones is 1. The van der Waals surface area contributed by atoms with E-state index in [0.29, 0.717) is 11.6 Å². The number of rotatable bonds is 6. The third kappa shape index (κ3) is 3.17. The second kappa shape index (κ2) is 5.80. The summed E-state index contributed by atoms with van der Waals surface area (Å²) in [6.07, 6.45) is 3.34. The summed E-state index contributed by atoms with van der Waals surface area (Å²) >= 11 is 0. The van der Waals surface area contributed by atoms with E-state index in [2.05, 4.69) is 25.9 Å². The fraction of sp³-hybridized carbons (Fsp3) is 0.667. The number of hydrogen-bond donors (Lipinski definition) is 1. The topological polar surface area (TPSA) is 60.9 Å². The normalized spacial score (nSPS) is 13.1. The molecule has 0 spiro atoms. The van der Waals surface area contributed by atoms with Crippen LogP contribution in [0.4, 0.5) is 0 Å². The van der Waals surface area contributed by atoms with Crippen molar-refractivity contribution in [2.45, 2.75) is 46.2 Å². The van der Waals surface area contributed by atoms with Crippen LogP contribution >= 0.6 is 0 Å². The van der Waals surface area contributed by atoms with Gasteiger partial charge in [-0.2, -0.15) is 5.10 Å². The maximum atomic E-state index is 12.1. The molecule has 0 radical (unpaired) electrons. The number of carbonyl (C=O) groups excluding carboxylic acids is 1. The molecule has 16 heavy (non-hydrogen) atoms. The Hall–Kier alpha value is -1.16. The van der Waals surface area contributed by atoms with Crippen molar-refractivity contribution >= 4 is 5.78 Å². The van der Waals surface area contributed by atoms with Gasteiger partial charge in [-0.25, -0.2) is 0 Å². The minimum Gasteiger partial charge on any atom is -0.321 e.